The molecule has 1 saturated carbocycles. The molecule has 1 heterocycles. The SMILES string of the molecule is CNCC1CCN(C(=O)c2cccc(NC(=O)C3CCCCC3)c2)CC1.Cl. The first-order valence-electron chi connectivity index (χ1n) is 10.0. The third-order valence-electron chi connectivity index (χ3n) is 5.75. The Kier molecular flexibility index (Phi) is 8.58. The van der Waals surface area contributed by atoms with E-state index < -0.39 is 0 Å². The molecule has 2 fully saturated rings. The van der Waals surface area contributed by atoms with Gasteiger partial charge < -0.3 is 15.5 Å². The number of hydrogen-bond donors (Lipinski definition) is 2. The predicted molar refractivity (Wildman–Crippen MR) is 111 cm³/mol. The Bertz CT molecular complexity index is 624. The van der Waals surface area contributed by atoms with Crippen LogP contribution in [0.4, 0.5) is 5.69 Å². The highest BCUT2D eigenvalue weighted by molar-refractivity contribution is 5.97. The molecule has 150 valence electrons. The number of rotatable bonds is 5. The van der Waals surface area contributed by atoms with Gasteiger partial charge in [-0.25, -0.2) is 0 Å². The average Bonchev–Trinajstić information content (AvgIpc) is 2.69. The quantitative estimate of drug-likeness (QED) is 0.801. The fourth-order valence-corrected chi connectivity index (χ4v) is 4.15. The number of benzene rings is 1. The largest absolute Gasteiger partial charge is 0.339 e. The molecule has 0 radical (unpaired) electrons. The van der Waals surface area contributed by atoms with E-state index in [4.69, 9.17) is 0 Å². The molecule has 2 N–H and O–H groups in total. The Morgan fingerprint density at radius 2 is 1.78 bits per heavy atom. The minimum absolute atomic E-state index is 0. The molecular formula is C21H32ClN3O2. The van der Waals surface area contributed by atoms with Crippen LogP contribution in [0.2, 0.25) is 0 Å². The topological polar surface area (TPSA) is 61.4 Å². The molecule has 1 aromatic carbocycles. The van der Waals surface area contributed by atoms with Crippen LogP contribution in [0.5, 0.6) is 0 Å². The number of halogens is 1. The van der Waals surface area contributed by atoms with E-state index in [1.807, 2.05) is 36.2 Å². The molecule has 1 aliphatic heterocycles. The Morgan fingerprint density at radius 3 is 2.44 bits per heavy atom. The maximum Gasteiger partial charge on any atom is 0.253 e. The maximum atomic E-state index is 12.8. The van der Waals surface area contributed by atoms with E-state index in [0.717, 1.165) is 63.8 Å². The number of hydrogen-bond acceptors (Lipinski definition) is 3. The summed E-state index contributed by atoms with van der Waals surface area (Å²) in [7, 11) is 1.98. The van der Waals surface area contributed by atoms with Crippen LogP contribution in [-0.2, 0) is 4.79 Å². The summed E-state index contributed by atoms with van der Waals surface area (Å²) in [5, 5.41) is 6.24. The first-order valence-corrected chi connectivity index (χ1v) is 10.0. The molecule has 6 heteroatoms. The van der Waals surface area contributed by atoms with Crippen LogP contribution in [0.1, 0.15) is 55.3 Å². The van der Waals surface area contributed by atoms with Crippen molar-refractivity contribution in [2.24, 2.45) is 11.8 Å². The zero-order valence-electron chi connectivity index (χ0n) is 16.2. The van der Waals surface area contributed by atoms with Crippen molar-refractivity contribution in [3.8, 4) is 0 Å². The van der Waals surface area contributed by atoms with Gasteiger partial charge in [-0.05, 0) is 63.4 Å². The Balaban J connectivity index is 0.00000261. The van der Waals surface area contributed by atoms with Crippen LogP contribution >= 0.6 is 12.4 Å². The second kappa shape index (κ2) is 10.7. The second-order valence-electron chi connectivity index (χ2n) is 7.70. The fourth-order valence-electron chi connectivity index (χ4n) is 4.15. The van der Waals surface area contributed by atoms with Gasteiger partial charge in [0.1, 0.15) is 0 Å². The number of anilines is 1. The standard InChI is InChI=1S/C21H31N3O2.ClH/c1-22-15-16-10-12-24(13-11-16)21(26)18-8-5-9-19(14-18)23-20(25)17-6-3-2-4-7-17;/h5,8-9,14,16-17,22H,2-4,6-7,10-13,15H2,1H3,(H,23,25);1H. The van der Waals surface area contributed by atoms with Gasteiger partial charge in [-0.2, -0.15) is 0 Å². The van der Waals surface area contributed by atoms with Gasteiger partial charge >= 0.3 is 0 Å². The molecule has 0 aromatic heterocycles. The van der Waals surface area contributed by atoms with Gasteiger partial charge in [0.15, 0.2) is 0 Å². The molecule has 2 amide bonds. The Labute approximate surface area is 168 Å². The lowest BCUT2D eigenvalue weighted by molar-refractivity contribution is -0.120. The summed E-state index contributed by atoms with van der Waals surface area (Å²) in [6.07, 6.45) is 7.56. The number of nitrogens with one attached hydrogen (secondary N) is 2. The maximum absolute atomic E-state index is 12.8. The minimum atomic E-state index is 0. The van der Waals surface area contributed by atoms with E-state index in [9.17, 15) is 9.59 Å². The third-order valence-corrected chi connectivity index (χ3v) is 5.75. The summed E-state index contributed by atoms with van der Waals surface area (Å²) in [5.74, 6) is 0.948. The fraction of sp³-hybridized carbons (Fsp3) is 0.619. The summed E-state index contributed by atoms with van der Waals surface area (Å²) in [6, 6.07) is 7.40. The van der Waals surface area contributed by atoms with Gasteiger partial charge in [0.05, 0.1) is 0 Å². The van der Waals surface area contributed by atoms with Crippen LogP contribution in [0.3, 0.4) is 0 Å². The summed E-state index contributed by atoms with van der Waals surface area (Å²) in [5.41, 5.74) is 1.40. The van der Waals surface area contributed by atoms with E-state index in [2.05, 4.69) is 10.6 Å². The predicted octanol–water partition coefficient (Wildman–Crippen LogP) is 3.70. The van der Waals surface area contributed by atoms with E-state index in [0.29, 0.717) is 11.5 Å². The highest BCUT2D eigenvalue weighted by Crippen LogP contribution is 2.25. The van der Waals surface area contributed by atoms with Crippen LogP contribution in [0.15, 0.2) is 24.3 Å². The van der Waals surface area contributed by atoms with Gasteiger partial charge in [-0.3, -0.25) is 9.59 Å². The first-order chi connectivity index (χ1) is 12.7. The van der Waals surface area contributed by atoms with Crippen molar-refractivity contribution >= 4 is 29.9 Å². The molecule has 0 unspecified atom stereocenters. The van der Waals surface area contributed by atoms with Gasteiger partial charge in [-0.1, -0.05) is 25.3 Å². The molecule has 3 rings (SSSR count). The number of carbonyl (C=O) groups is 2. The highest BCUT2D eigenvalue weighted by atomic mass is 35.5. The molecule has 27 heavy (non-hydrogen) atoms. The summed E-state index contributed by atoms with van der Waals surface area (Å²) in [4.78, 5) is 27.2. The van der Waals surface area contributed by atoms with Crippen LogP contribution in [0.25, 0.3) is 0 Å². The van der Waals surface area contributed by atoms with Crippen molar-refractivity contribution in [3.63, 3.8) is 0 Å². The highest BCUT2D eigenvalue weighted by Gasteiger charge is 2.24. The number of piperidine rings is 1. The normalized spacial score (nSPS) is 18.6. The number of carbonyl (C=O) groups excluding carboxylic acids is 2. The number of amides is 2. The molecular weight excluding hydrogens is 362 g/mol. The monoisotopic (exact) mass is 393 g/mol. The molecule has 5 nitrogen and oxygen atoms in total. The third kappa shape index (κ3) is 5.94. The first kappa shape index (κ1) is 21.7. The van der Waals surface area contributed by atoms with Crippen molar-refractivity contribution < 1.29 is 9.59 Å². The molecule has 1 aromatic rings. The summed E-state index contributed by atoms with van der Waals surface area (Å²) >= 11 is 0. The Morgan fingerprint density at radius 1 is 1.07 bits per heavy atom. The lowest BCUT2D eigenvalue weighted by atomic mass is 9.88. The summed E-state index contributed by atoms with van der Waals surface area (Å²) in [6.45, 7) is 2.64. The van der Waals surface area contributed by atoms with Gasteiger partial charge in [0.25, 0.3) is 5.91 Å². The van der Waals surface area contributed by atoms with E-state index in [-0.39, 0.29) is 30.1 Å². The number of likely N-dealkylation sites (tertiary alicyclic amines) is 1. The smallest absolute Gasteiger partial charge is 0.253 e. The molecule has 2 aliphatic rings. The lowest BCUT2D eigenvalue weighted by Gasteiger charge is -2.32. The molecule has 0 spiro atoms. The zero-order valence-corrected chi connectivity index (χ0v) is 17.0. The molecule has 0 atom stereocenters. The van der Waals surface area contributed by atoms with Crippen molar-refractivity contribution in [2.45, 2.75) is 44.9 Å². The molecule has 1 aliphatic carbocycles. The van der Waals surface area contributed by atoms with Crippen molar-refractivity contribution in [2.75, 3.05) is 32.0 Å². The van der Waals surface area contributed by atoms with Gasteiger partial charge in [-0.15, -0.1) is 12.4 Å². The summed E-state index contributed by atoms with van der Waals surface area (Å²) < 4.78 is 0. The van der Waals surface area contributed by atoms with E-state index in [1.165, 1.54) is 6.42 Å². The van der Waals surface area contributed by atoms with Crippen LogP contribution < -0.4 is 10.6 Å². The second-order valence-corrected chi connectivity index (χ2v) is 7.70. The molecule has 1 saturated heterocycles. The Hall–Kier alpha value is -1.59. The van der Waals surface area contributed by atoms with Crippen molar-refractivity contribution in [3.05, 3.63) is 29.8 Å². The van der Waals surface area contributed by atoms with Crippen LogP contribution in [0, 0.1) is 11.8 Å². The average molecular weight is 394 g/mol. The lowest BCUT2D eigenvalue weighted by Crippen LogP contribution is -2.40. The van der Waals surface area contributed by atoms with Gasteiger partial charge in [0.2, 0.25) is 5.91 Å². The van der Waals surface area contributed by atoms with E-state index >= 15 is 0 Å². The van der Waals surface area contributed by atoms with Gasteiger partial charge in [0, 0.05) is 30.3 Å². The van der Waals surface area contributed by atoms with Crippen LogP contribution in [-0.4, -0.2) is 43.4 Å². The van der Waals surface area contributed by atoms with Crippen molar-refractivity contribution in [1.82, 2.24) is 10.2 Å². The minimum Gasteiger partial charge on any atom is -0.339 e. The van der Waals surface area contributed by atoms with Crippen molar-refractivity contribution in [1.29, 1.82) is 0 Å². The zero-order chi connectivity index (χ0) is 18.4. The number of nitrogens with zero attached hydrogens (tertiary/aromatic N) is 1. The van der Waals surface area contributed by atoms with E-state index in [1.54, 1.807) is 0 Å². The molecule has 0 bridgehead atoms.